The summed E-state index contributed by atoms with van der Waals surface area (Å²) in [6.45, 7) is 4.43. The lowest BCUT2D eigenvalue weighted by Gasteiger charge is -2.36. The largest absolute Gasteiger partial charge is 0.328 e. The summed E-state index contributed by atoms with van der Waals surface area (Å²) in [5, 5.41) is 0. The summed E-state index contributed by atoms with van der Waals surface area (Å²) < 4.78 is 1.16. The molecular weight excluding hydrogens is 264 g/mol. The van der Waals surface area contributed by atoms with Crippen LogP contribution >= 0.6 is 15.9 Å². The number of nitrogens with zero attached hydrogens (tertiary/aromatic N) is 1. The molecule has 1 aliphatic rings. The number of likely N-dealkylation sites (tertiary alicyclic amines) is 1. The Hall–Kier alpha value is -0.380. The van der Waals surface area contributed by atoms with Crippen LogP contribution in [-0.4, -0.2) is 23.5 Å². The molecule has 2 N–H and O–H groups in total. The van der Waals surface area contributed by atoms with E-state index in [2.05, 4.69) is 52.0 Å². The Kier molecular flexibility index (Phi) is 4.00. The van der Waals surface area contributed by atoms with Gasteiger partial charge < -0.3 is 5.73 Å². The lowest BCUT2D eigenvalue weighted by Crippen LogP contribution is -2.44. The second kappa shape index (κ2) is 5.30. The minimum absolute atomic E-state index is 0.397. The maximum absolute atomic E-state index is 5.97. The number of hydrogen-bond donors (Lipinski definition) is 1. The maximum atomic E-state index is 5.97. The van der Waals surface area contributed by atoms with Crippen LogP contribution in [0.2, 0.25) is 0 Å². The van der Waals surface area contributed by atoms with E-state index in [0.29, 0.717) is 12.1 Å². The zero-order valence-electron chi connectivity index (χ0n) is 9.70. The van der Waals surface area contributed by atoms with Gasteiger partial charge in [-0.05, 0) is 37.5 Å². The molecule has 0 aliphatic carbocycles. The molecule has 88 valence electrons. The fraction of sp³-hybridized carbons (Fsp3) is 0.538. The van der Waals surface area contributed by atoms with Crippen molar-refractivity contribution >= 4 is 15.9 Å². The summed E-state index contributed by atoms with van der Waals surface area (Å²) in [5.41, 5.74) is 7.34. The Morgan fingerprint density at radius 3 is 3.00 bits per heavy atom. The van der Waals surface area contributed by atoms with Gasteiger partial charge in [-0.2, -0.15) is 0 Å². The molecule has 3 heteroatoms. The van der Waals surface area contributed by atoms with Crippen molar-refractivity contribution in [1.82, 2.24) is 4.90 Å². The highest BCUT2D eigenvalue weighted by Crippen LogP contribution is 2.20. The highest BCUT2D eigenvalue weighted by atomic mass is 79.9. The predicted molar refractivity (Wildman–Crippen MR) is 71.2 cm³/mol. The molecule has 0 amide bonds. The van der Waals surface area contributed by atoms with Gasteiger partial charge in [-0.3, -0.25) is 4.90 Å². The molecule has 1 heterocycles. The number of benzene rings is 1. The van der Waals surface area contributed by atoms with Gasteiger partial charge in [0.1, 0.15) is 0 Å². The zero-order chi connectivity index (χ0) is 11.5. The van der Waals surface area contributed by atoms with E-state index in [4.69, 9.17) is 5.73 Å². The highest BCUT2D eigenvalue weighted by Gasteiger charge is 2.22. The van der Waals surface area contributed by atoms with E-state index in [1.165, 1.54) is 5.56 Å². The fourth-order valence-electron chi connectivity index (χ4n) is 2.36. The van der Waals surface area contributed by atoms with E-state index < -0.39 is 0 Å². The SMILES string of the molecule is CC1CC(N)CCN1Cc1cccc(Br)c1. The molecule has 1 saturated heterocycles. The van der Waals surface area contributed by atoms with Crippen LogP contribution in [-0.2, 0) is 6.54 Å². The third-order valence-electron chi connectivity index (χ3n) is 3.33. The first kappa shape index (κ1) is 12.1. The minimum Gasteiger partial charge on any atom is -0.328 e. The number of piperidine rings is 1. The van der Waals surface area contributed by atoms with Crippen LogP contribution in [0.1, 0.15) is 25.3 Å². The quantitative estimate of drug-likeness (QED) is 0.904. The molecule has 0 saturated carbocycles. The van der Waals surface area contributed by atoms with E-state index in [0.717, 1.165) is 30.4 Å². The molecule has 0 spiro atoms. The molecule has 1 aromatic rings. The highest BCUT2D eigenvalue weighted by molar-refractivity contribution is 9.10. The second-order valence-electron chi connectivity index (χ2n) is 4.73. The van der Waals surface area contributed by atoms with Gasteiger partial charge in [-0.1, -0.05) is 28.1 Å². The van der Waals surface area contributed by atoms with Crippen LogP contribution in [0.25, 0.3) is 0 Å². The Labute approximate surface area is 106 Å². The van der Waals surface area contributed by atoms with E-state index >= 15 is 0 Å². The normalized spacial score (nSPS) is 26.9. The second-order valence-corrected chi connectivity index (χ2v) is 5.65. The van der Waals surface area contributed by atoms with Crippen LogP contribution in [0, 0.1) is 0 Å². The molecule has 2 nitrogen and oxygen atoms in total. The van der Waals surface area contributed by atoms with Crippen molar-refractivity contribution in [1.29, 1.82) is 0 Å². The first-order chi connectivity index (χ1) is 7.65. The minimum atomic E-state index is 0.397. The zero-order valence-corrected chi connectivity index (χ0v) is 11.3. The van der Waals surface area contributed by atoms with E-state index in [1.807, 2.05) is 0 Å². The summed E-state index contributed by atoms with van der Waals surface area (Å²) in [6, 6.07) is 9.54. The lowest BCUT2D eigenvalue weighted by molar-refractivity contribution is 0.140. The van der Waals surface area contributed by atoms with Gasteiger partial charge >= 0.3 is 0 Å². The molecule has 1 fully saturated rings. The standard InChI is InChI=1S/C13H19BrN2/c1-10-7-13(15)5-6-16(10)9-11-3-2-4-12(14)8-11/h2-4,8,10,13H,5-7,9,15H2,1H3. The summed E-state index contributed by atoms with van der Waals surface area (Å²) in [6.07, 6.45) is 2.24. The number of halogens is 1. The molecule has 2 unspecified atom stereocenters. The maximum Gasteiger partial charge on any atom is 0.0236 e. The monoisotopic (exact) mass is 282 g/mol. The Bertz CT molecular complexity index is 354. The number of nitrogens with two attached hydrogens (primary N) is 1. The van der Waals surface area contributed by atoms with Crippen molar-refractivity contribution in [3.05, 3.63) is 34.3 Å². The van der Waals surface area contributed by atoms with Crippen LogP contribution < -0.4 is 5.73 Å². The molecule has 0 aromatic heterocycles. The molecule has 1 aromatic carbocycles. The van der Waals surface area contributed by atoms with Gasteiger partial charge in [-0.15, -0.1) is 0 Å². The van der Waals surface area contributed by atoms with Gasteiger partial charge in [0, 0.05) is 29.6 Å². The first-order valence-electron chi connectivity index (χ1n) is 5.89. The molecular formula is C13H19BrN2. The van der Waals surface area contributed by atoms with Gasteiger partial charge in [0.05, 0.1) is 0 Å². The predicted octanol–water partition coefficient (Wildman–Crippen LogP) is 2.76. The van der Waals surface area contributed by atoms with Gasteiger partial charge in [0.25, 0.3) is 0 Å². The Morgan fingerprint density at radius 2 is 2.31 bits per heavy atom. The van der Waals surface area contributed by atoms with Crippen LogP contribution in [0.4, 0.5) is 0 Å². The van der Waals surface area contributed by atoms with Crippen molar-refractivity contribution in [3.8, 4) is 0 Å². The van der Waals surface area contributed by atoms with Crippen molar-refractivity contribution in [2.45, 2.75) is 38.4 Å². The van der Waals surface area contributed by atoms with E-state index in [9.17, 15) is 0 Å². The van der Waals surface area contributed by atoms with Gasteiger partial charge in [0.2, 0.25) is 0 Å². The van der Waals surface area contributed by atoms with Crippen LogP contribution in [0.5, 0.6) is 0 Å². The lowest BCUT2D eigenvalue weighted by atomic mass is 9.98. The van der Waals surface area contributed by atoms with Crippen molar-refractivity contribution in [2.75, 3.05) is 6.54 Å². The van der Waals surface area contributed by atoms with Crippen molar-refractivity contribution in [2.24, 2.45) is 5.73 Å². The molecule has 0 bridgehead atoms. The van der Waals surface area contributed by atoms with Crippen LogP contribution in [0.15, 0.2) is 28.7 Å². The number of hydrogen-bond acceptors (Lipinski definition) is 2. The summed E-state index contributed by atoms with van der Waals surface area (Å²) >= 11 is 3.51. The molecule has 2 atom stereocenters. The summed E-state index contributed by atoms with van der Waals surface area (Å²) in [4.78, 5) is 2.52. The molecule has 2 rings (SSSR count). The number of rotatable bonds is 2. The van der Waals surface area contributed by atoms with Crippen LogP contribution in [0.3, 0.4) is 0 Å². The average Bonchev–Trinajstić information content (AvgIpc) is 2.22. The van der Waals surface area contributed by atoms with Gasteiger partial charge in [0.15, 0.2) is 0 Å². The van der Waals surface area contributed by atoms with E-state index in [-0.39, 0.29) is 0 Å². The van der Waals surface area contributed by atoms with Crippen molar-refractivity contribution < 1.29 is 0 Å². The molecule has 16 heavy (non-hydrogen) atoms. The fourth-order valence-corrected chi connectivity index (χ4v) is 2.81. The Balaban J connectivity index is 1.99. The van der Waals surface area contributed by atoms with E-state index in [1.54, 1.807) is 0 Å². The first-order valence-corrected chi connectivity index (χ1v) is 6.68. The summed E-state index contributed by atoms with van der Waals surface area (Å²) in [7, 11) is 0. The molecule has 0 radical (unpaired) electrons. The van der Waals surface area contributed by atoms with Gasteiger partial charge in [-0.25, -0.2) is 0 Å². The van der Waals surface area contributed by atoms with Crippen molar-refractivity contribution in [3.63, 3.8) is 0 Å². The average molecular weight is 283 g/mol. The third-order valence-corrected chi connectivity index (χ3v) is 3.82. The molecule has 1 aliphatic heterocycles. The smallest absolute Gasteiger partial charge is 0.0236 e. The Morgan fingerprint density at radius 1 is 1.50 bits per heavy atom. The third kappa shape index (κ3) is 3.06. The summed E-state index contributed by atoms with van der Waals surface area (Å²) in [5.74, 6) is 0. The topological polar surface area (TPSA) is 29.3 Å².